The lowest BCUT2D eigenvalue weighted by atomic mass is 10.2. The number of aromatic nitrogens is 1. The molecule has 0 amide bonds. The summed E-state index contributed by atoms with van der Waals surface area (Å²) in [4.78, 5) is 5.90. The Kier molecular flexibility index (Phi) is 3.55. The number of methoxy groups -OCH3 is 1. The first-order chi connectivity index (χ1) is 9.35. The smallest absolute Gasteiger partial charge is 0.140 e. The molecule has 0 unspecified atom stereocenters. The molecule has 1 aliphatic rings. The second-order valence-electron chi connectivity index (χ2n) is 4.38. The molecule has 3 rings (SSSR count). The highest BCUT2D eigenvalue weighted by molar-refractivity contribution is 7.12. The largest absolute Gasteiger partial charge is 0.497 e. The summed E-state index contributed by atoms with van der Waals surface area (Å²) in [7, 11) is 1.65. The molecule has 0 bridgehead atoms. The van der Waals surface area contributed by atoms with Crippen LogP contribution in [0.1, 0.15) is 16.3 Å². The molecule has 0 saturated heterocycles. The van der Waals surface area contributed by atoms with Gasteiger partial charge >= 0.3 is 0 Å². The fourth-order valence-electron chi connectivity index (χ4n) is 2.06. The van der Waals surface area contributed by atoms with Gasteiger partial charge in [-0.25, -0.2) is 4.98 Å². The Morgan fingerprint density at radius 2 is 2.26 bits per heavy atom. The zero-order chi connectivity index (χ0) is 13.1. The van der Waals surface area contributed by atoms with Gasteiger partial charge in [0.05, 0.1) is 7.11 Å². The third-order valence-electron chi connectivity index (χ3n) is 3.02. The molecule has 0 atom stereocenters. The van der Waals surface area contributed by atoms with Gasteiger partial charge in [0.15, 0.2) is 0 Å². The second kappa shape index (κ2) is 5.48. The van der Waals surface area contributed by atoms with E-state index in [1.807, 2.05) is 24.3 Å². The summed E-state index contributed by atoms with van der Waals surface area (Å²) in [5.41, 5.74) is 0. The first kappa shape index (κ1) is 12.3. The van der Waals surface area contributed by atoms with Crippen molar-refractivity contribution in [1.82, 2.24) is 4.98 Å². The van der Waals surface area contributed by atoms with Crippen molar-refractivity contribution in [2.75, 3.05) is 19.0 Å². The number of anilines is 1. The highest BCUT2D eigenvalue weighted by Crippen LogP contribution is 2.28. The highest BCUT2D eigenvalue weighted by Gasteiger charge is 2.14. The van der Waals surface area contributed by atoms with E-state index in [0.717, 1.165) is 35.3 Å². The Hall–Kier alpha value is -1.75. The van der Waals surface area contributed by atoms with Gasteiger partial charge in [0.1, 0.15) is 28.9 Å². The molecule has 0 spiro atoms. The molecule has 1 aromatic heterocycles. The quantitative estimate of drug-likeness (QED) is 0.932. The fraction of sp³-hybridized carbons (Fsp3) is 0.357. The second-order valence-corrected chi connectivity index (χ2v) is 5.55. The van der Waals surface area contributed by atoms with Crippen LogP contribution in [0.4, 0.5) is 5.82 Å². The molecule has 5 heteroatoms. The fourth-order valence-corrected chi connectivity index (χ4v) is 3.06. The summed E-state index contributed by atoms with van der Waals surface area (Å²) >= 11 is 1.73. The number of thiazole rings is 1. The number of benzene rings is 1. The van der Waals surface area contributed by atoms with Crippen LogP contribution in [0.3, 0.4) is 0 Å². The Balaban J connectivity index is 1.66. The number of hydrogen-bond donors (Lipinski definition) is 1. The van der Waals surface area contributed by atoms with Crippen LogP contribution < -0.4 is 14.8 Å². The molecule has 2 heterocycles. The number of rotatable bonds is 4. The molecule has 4 nitrogen and oxygen atoms in total. The third-order valence-corrected chi connectivity index (χ3v) is 4.11. The normalized spacial score (nSPS) is 13.5. The molecule has 0 aliphatic carbocycles. The van der Waals surface area contributed by atoms with E-state index in [4.69, 9.17) is 9.47 Å². The topological polar surface area (TPSA) is 43.4 Å². The van der Waals surface area contributed by atoms with Gasteiger partial charge in [0.2, 0.25) is 0 Å². The summed E-state index contributed by atoms with van der Waals surface area (Å²) in [6, 6.07) is 7.63. The third kappa shape index (κ3) is 2.81. The van der Waals surface area contributed by atoms with Crippen LogP contribution in [0, 0.1) is 0 Å². The molecule has 1 aliphatic heterocycles. The number of ether oxygens (including phenoxy) is 2. The summed E-state index contributed by atoms with van der Waals surface area (Å²) in [6.07, 6.45) is 2.31. The van der Waals surface area contributed by atoms with E-state index in [1.54, 1.807) is 18.4 Å². The maximum Gasteiger partial charge on any atom is 0.140 e. The van der Waals surface area contributed by atoms with Crippen molar-refractivity contribution in [3.8, 4) is 11.5 Å². The van der Waals surface area contributed by atoms with Crippen molar-refractivity contribution < 1.29 is 9.47 Å². The lowest BCUT2D eigenvalue weighted by Gasteiger charge is -2.10. The van der Waals surface area contributed by atoms with Crippen molar-refractivity contribution in [3.63, 3.8) is 0 Å². The van der Waals surface area contributed by atoms with Crippen LogP contribution >= 0.6 is 11.3 Å². The Bertz CT molecular complexity index is 545. The van der Waals surface area contributed by atoms with Gasteiger partial charge in [-0.05, 0) is 25.0 Å². The number of hydrogen-bond acceptors (Lipinski definition) is 5. The van der Waals surface area contributed by atoms with Gasteiger partial charge in [0, 0.05) is 17.5 Å². The molecule has 2 aromatic rings. The number of aryl methyl sites for hydroxylation is 1. The Morgan fingerprint density at radius 1 is 1.37 bits per heavy atom. The minimum Gasteiger partial charge on any atom is -0.497 e. The highest BCUT2D eigenvalue weighted by atomic mass is 32.1. The van der Waals surface area contributed by atoms with Crippen molar-refractivity contribution in [3.05, 3.63) is 34.2 Å². The van der Waals surface area contributed by atoms with Gasteiger partial charge in [-0.2, -0.15) is 0 Å². The first-order valence-electron chi connectivity index (χ1n) is 6.34. The maximum atomic E-state index is 5.75. The average molecular weight is 276 g/mol. The summed E-state index contributed by atoms with van der Waals surface area (Å²) in [5, 5.41) is 4.34. The molecule has 19 heavy (non-hydrogen) atoms. The molecule has 100 valence electrons. The van der Waals surface area contributed by atoms with Crippen LogP contribution in [-0.4, -0.2) is 18.6 Å². The SMILES string of the molecule is COc1cccc(OCc2nc3c(s2)CCCN3)c1. The predicted molar refractivity (Wildman–Crippen MR) is 76.3 cm³/mol. The number of nitrogens with one attached hydrogen (secondary N) is 1. The van der Waals surface area contributed by atoms with Crippen LogP contribution in [0.2, 0.25) is 0 Å². The molecular formula is C14H16N2O2S. The summed E-state index contributed by atoms with van der Waals surface area (Å²) in [5.74, 6) is 2.65. The summed E-state index contributed by atoms with van der Waals surface area (Å²) < 4.78 is 10.9. The van der Waals surface area contributed by atoms with Gasteiger partial charge < -0.3 is 14.8 Å². The van der Waals surface area contributed by atoms with E-state index in [0.29, 0.717) is 6.61 Å². The van der Waals surface area contributed by atoms with Gasteiger partial charge in [0.25, 0.3) is 0 Å². The first-order valence-corrected chi connectivity index (χ1v) is 7.16. The van der Waals surface area contributed by atoms with Gasteiger partial charge in [-0.15, -0.1) is 11.3 Å². The number of nitrogens with zero attached hydrogens (tertiary/aromatic N) is 1. The van der Waals surface area contributed by atoms with Gasteiger partial charge in [-0.3, -0.25) is 0 Å². The van der Waals surface area contributed by atoms with E-state index in [9.17, 15) is 0 Å². The van der Waals surface area contributed by atoms with Crippen molar-refractivity contribution in [2.45, 2.75) is 19.4 Å². The Morgan fingerprint density at radius 3 is 3.11 bits per heavy atom. The predicted octanol–water partition coefficient (Wildman–Crippen LogP) is 3.09. The van der Waals surface area contributed by atoms with Crippen LogP contribution in [0.5, 0.6) is 11.5 Å². The minimum atomic E-state index is 0.506. The van der Waals surface area contributed by atoms with E-state index < -0.39 is 0 Å². The monoisotopic (exact) mass is 276 g/mol. The van der Waals surface area contributed by atoms with Crippen LogP contribution in [0.15, 0.2) is 24.3 Å². The molecule has 0 fully saturated rings. The Labute approximate surface area is 116 Å². The standard InChI is InChI=1S/C14H16N2O2S/c1-17-10-4-2-5-11(8-10)18-9-13-16-14-12(19-13)6-3-7-15-14/h2,4-5,8,15H,3,6-7,9H2,1H3. The summed E-state index contributed by atoms with van der Waals surface area (Å²) in [6.45, 7) is 1.53. The lowest BCUT2D eigenvalue weighted by molar-refractivity contribution is 0.303. The van der Waals surface area contributed by atoms with Crippen LogP contribution in [0.25, 0.3) is 0 Å². The maximum absolute atomic E-state index is 5.75. The van der Waals surface area contributed by atoms with Crippen LogP contribution in [-0.2, 0) is 13.0 Å². The lowest BCUT2D eigenvalue weighted by Crippen LogP contribution is -2.09. The van der Waals surface area contributed by atoms with E-state index in [1.165, 1.54) is 11.3 Å². The van der Waals surface area contributed by atoms with E-state index in [2.05, 4.69) is 10.3 Å². The van der Waals surface area contributed by atoms with Crippen molar-refractivity contribution >= 4 is 17.2 Å². The zero-order valence-electron chi connectivity index (χ0n) is 10.8. The molecule has 0 radical (unpaired) electrons. The van der Waals surface area contributed by atoms with Crippen molar-refractivity contribution in [1.29, 1.82) is 0 Å². The minimum absolute atomic E-state index is 0.506. The van der Waals surface area contributed by atoms with E-state index >= 15 is 0 Å². The molecule has 1 aromatic carbocycles. The van der Waals surface area contributed by atoms with E-state index in [-0.39, 0.29) is 0 Å². The molecule has 1 N–H and O–H groups in total. The zero-order valence-corrected chi connectivity index (χ0v) is 11.6. The van der Waals surface area contributed by atoms with Gasteiger partial charge in [-0.1, -0.05) is 6.07 Å². The number of fused-ring (bicyclic) bond motifs is 1. The molecule has 0 saturated carbocycles. The van der Waals surface area contributed by atoms with Crippen molar-refractivity contribution in [2.24, 2.45) is 0 Å². The molecular weight excluding hydrogens is 260 g/mol. The average Bonchev–Trinajstić information content (AvgIpc) is 2.88.